The molecule has 0 bridgehead atoms. The van der Waals surface area contributed by atoms with E-state index in [1.165, 1.54) is 12.1 Å². The third-order valence-corrected chi connectivity index (χ3v) is 3.53. The number of piperazine rings is 1. The van der Waals surface area contributed by atoms with E-state index in [2.05, 4.69) is 15.6 Å². The lowest BCUT2D eigenvalue weighted by molar-refractivity contribution is -0.133. The third kappa shape index (κ3) is 2.67. The average Bonchev–Trinajstić information content (AvgIpc) is 2.49. The van der Waals surface area contributed by atoms with E-state index in [9.17, 15) is 18.8 Å². The Balaban J connectivity index is 1.87. The van der Waals surface area contributed by atoms with Gasteiger partial charge in [0.2, 0.25) is 17.8 Å². The van der Waals surface area contributed by atoms with Crippen LogP contribution in [0.15, 0.2) is 29.3 Å². The molecule has 1 aromatic rings. The van der Waals surface area contributed by atoms with Gasteiger partial charge in [0.05, 0.1) is 6.42 Å². The van der Waals surface area contributed by atoms with E-state index < -0.39 is 17.8 Å². The summed E-state index contributed by atoms with van der Waals surface area (Å²) in [4.78, 5) is 41.0. The summed E-state index contributed by atoms with van der Waals surface area (Å²) in [5.41, 5.74) is 0.201. The van der Waals surface area contributed by atoms with Gasteiger partial charge in [-0.15, -0.1) is 0 Å². The molecule has 2 aliphatic rings. The Morgan fingerprint density at radius 1 is 1.27 bits per heavy atom. The van der Waals surface area contributed by atoms with E-state index >= 15 is 0 Å². The van der Waals surface area contributed by atoms with Crippen molar-refractivity contribution >= 4 is 23.7 Å². The van der Waals surface area contributed by atoms with Crippen LogP contribution < -0.4 is 10.6 Å². The Bertz CT molecular complexity index is 671. The van der Waals surface area contributed by atoms with Gasteiger partial charge in [0.15, 0.2) is 0 Å². The summed E-state index contributed by atoms with van der Waals surface area (Å²) < 4.78 is 12.9. The number of nitrogens with zero attached hydrogens (tertiary/aromatic N) is 2. The number of fused-ring (bicyclic) bond motifs is 1. The first-order chi connectivity index (χ1) is 10.5. The number of hydrogen-bond acceptors (Lipinski definition) is 3. The molecular formula is C14H13FN4O3. The van der Waals surface area contributed by atoms with Crippen molar-refractivity contribution in [2.24, 2.45) is 4.99 Å². The van der Waals surface area contributed by atoms with Gasteiger partial charge in [0.1, 0.15) is 11.9 Å². The van der Waals surface area contributed by atoms with Crippen LogP contribution in [0.4, 0.5) is 4.39 Å². The highest BCUT2D eigenvalue weighted by Gasteiger charge is 2.38. The lowest BCUT2D eigenvalue weighted by atomic mass is 10.1. The maximum atomic E-state index is 12.9. The maximum absolute atomic E-state index is 12.9. The van der Waals surface area contributed by atoms with E-state index in [-0.39, 0.29) is 29.8 Å². The largest absolute Gasteiger partial charge is 0.353 e. The van der Waals surface area contributed by atoms with Gasteiger partial charge in [-0.05, 0) is 24.3 Å². The van der Waals surface area contributed by atoms with Crippen LogP contribution in [0.5, 0.6) is 0 Å². The van der Waals surface area contributed by atoms with Crippen molar-refractivity contribution in [3.8, 4) is 0 Å². The molecule has 3 amide bonds. The third-order valence-electron chi connectivity index (χ3n) is 3.53. The Hall–Kier alpha value is -2.77. The number of carbonyl (C=O) groups excluding carboxylic acids is 3. The van der Waals surface area contributed by atoms with E-state index in [0.717, 1.165) is 12.1 Å². The fourth-order valence-corrected chi connectivity index (χ4v) is 2.44. The molecule has 1 aromatic carbocycles. The lowest BCUT2D eigenvalue weighted by Crippen LogP contribution is -2.65. The number of nitrogens with one attached hydrogen (secondary N) is 2. The van der Waals surface area contributed by atoms with Gasteiger partial charge < -0.3 is 10.2 Å². The molecule has 2 saturated heterocycles. The van der Waals surface area contributed by atoms with Gasteiger partial charge in [-0.2, -0.15) is 4.99 Å². The molecule has 0 aromatic heterocycles. The molecule has 2 N–H and O–H groups in total. The monoisotopic (exact) mass is 304 g/mol. The number of hydrogen-bond donors (Lipinski definition) is 2. The molecular weight excluding hydrogens is 291 g/mol. The van der Waals surface area contributed by atoms with Crippen molar-refractivity contribution in [1.82, 2.24) is 15.5 Å². The molecule has 22 heavy (non-hydrogen) atoms. The SMILES string of the molecule is O=C1C[C@@H]2C(=O)NCCN2C(=NC(=O)c2ccc(F)cc2)N1. The summed E-state index contributed by atoms with van der Waals surface area (Å²) in [5.74, 6) is -1.64. The zero-order valence-electron chi connectivity index (χ0n) is 11.5. The van der Waals surface area contributed by atoms with Crippen LogP contribution in [-0.4, -0.2) is 47.7 Å². The minimum Gasteiger partial charge on any atom is -0.353 e. The van der Waals surface area contributed by atoms with Crippen LogP contribution >= 0.6 is 0 Å². The molecule has 2 heterocycles. The summed E-state index contributed by atoms with van der Waals surface area (Å²) in [5, 5.41) is 5.18. The predicted octanol–water partition coefficient (Wildman–Crippen LogP) is -0.358. The molecule has 7 nitrogen and oxygen atoms in total. The standard InChI is InChI=1S/C14H13FN4O3/c15-9-3-1-8(2-4-9)12(21)18-14-17-11(20)7-10-13(22)16-5-6-19(10)14/h1-4,10H,5-7H2,(H,16,22)(H,17,18,20,21)/t10-/m1/s1. The topological polar surface area (TPSA) is 90.9 Å². The summed E-state index contributed by atoms with van der Waals surface area (Å²) in [6.07, 6.45) is 0.0234. The fourth-order valence-electron chi connectivity index (χ4n) is 2.44. The van der Waals surface area contributed by atoms with Crippen molar-refractivity contribution in [1.29, 1.82) is 0 Å². The molecule has 0 saturated carbocycles. The highest BCUT2D eigenvalue weighted by molar-refractivity contribution is 6.10. The fraction of sp³-hybridized carbons (Fsp3) is 0.286. The molecule has 2 aliphatic heterocycles. The average molecular weight is 304 g/mol. The second-order valence-electron chi connectivity index (χ2n) is 5.00. The van der Waals surface area contributed by atoms with Crippen LogP contribution in [-0.2, 0) is 9.59 Å². The number of halogens is 1. The molecule has 1 atom stereocenters. The molecule has 0 radical (unpaired) electrons. The number of carbonyl (C=O) groups is 3. The van der Waals surface area contributed by atoms with Gasteiger partial charge in [-0.3, -0.25) is 19.7 Å². The van der Waals surface area contributed by atoms with E-state index in [1.807, 2.05) is 0 Å². The second kappa shape index (κ2) is 5.55. The van der Waals surface area contributed by atoms with Crippen molar-refractivity contribution in [2.75, 3.05) is 13.1 Å². The van der Waals surface area contributed by atoms with Crippen LogP contribution in [0.25, 0.3) is 0 Å². The minimum atomic E-state index is -0.651. The number of rotatable bonds is 1. The van der Waals surface area contributed by atoms with Gasteiger partial charge in [0, 0.05) is 18.7 Å². The Morgan fingerprint density at radius 2 is 2.00 bits per heavy atom. The van der Waals surface area contributed by atoms with Crippen LogP contribution in [0.3, 0.4) is 0 Å². The Labute approximate surface area is 125 Å². The highest BCUT2D eigenvalue weighted by Crippen LogP contribution is 2.14. The molecule has 0 unspecified atom stereocenters. The van der Waals surface area contributed by atoms with Crippen LogP contribution in [0.1, 0.15) is 16.8 Å². The predicted molar refractivity (Wildman–Crippen MR) is 74.4 cm³/mol. The van der Waals surface area contributed by atoms with Gasteiger partial charge in [0.25, 0.3) is 5.91 Å². The Kier molecular flexibility index (Phi) is 3.58. The molecule has 2 fully saturated rings. The number of aliphatic imine (C=N–C) groups is 1. The first-order valence-electron chi connectivity index (χ1n) is 6.77. The quantitative estimate of drug-likeness (QED) is 0.741. The zero-order valence-corrected chi connectivity index (χ0v) is 11.5. The maximum Gasteiger partial charge on any atom is 0.280 e. The lowest BCUT2D eigenvalue weighted by Gasteiger charge is -2.39. The summed E-state index contributed by atoms with van der Waals surface area (Å²) in [7, 11) is 0. The van der Waals surface area contributed by atoms with Gasteiger partial charge in [-0.1, -0.05) is 0 Å². The Morgan fingerprint density at radius 3 is 2.73 bits per heavy atom. The smallest absolute Gasteiger partial charge is 0.280 e. The summed E-state index contributed by atoms with van der Waals surface area (Å²) >= 11 is 0. The van der Waals surface area contributed by atoms with Gasteiger partial charge >= 0.3 is 0 Å². The summed E-state index contributed by atoms with van der Waals surface area (Å²) in [6.45, 7) is 0.862. The first-order valence-corrected chi connectivity index (χ1v) is 6.77. The summed E-state index contributed by atoms with van der Waals surface area (Å²) in [6, 6.07) is 4.29. The number of amides is 3. The number of benzene rings is 1. The molecule has 0 spiro atoms. The van der Waals surface area contributed by atoms with E-state index in [0.29, 0.717) is 13.1 Å². The van der Waals surface area contributed by atoms with Crippen LogP contribution in [0.2, 0.25) is 0 Å². The van der Waals surface area contributed by atoms with Crippen molar-refractivity contribution in [2.45, 2.75) is 12.5 Å². The normalized spacial score (nSPS) is 22.9. The molecule has 3 rings (SSSR count). The van der Waals surface area contributed by atoms with Crippen LogP contribution in [0, 0.1) is 5.82 Å². The van der Waals surface area contributed by atoms with Crippen molar-refractivity contribution in [3.63, 3.8) is 0 Å². The van der Waals surface area contributed by atoms with E-state index in [1.54, 1.807) is 4.90 Å². The highest BCUT2D eigenvalue weighted by atomic mass is 19.1. The van der Waals surface area contributed by atoms with Gasteiger partial charge in [-0.25, -0.2) is 4.39 Å². The first kappa shape index (κ1) is 14.2. The molecule has 8 heteroatoms. The minimum absolute atomic E-state index is 0.0234. The molecule has 114 valence electrons. The molecule has 0 aliphatic carbocycles. The number of guanidine groups is 1. The van der Waals surface area contributed by atoms with E-state index in [4.69, 9.17) is 0 Å². The van der Waals surface area contributed by atoms with Crippen molar-refractivity contribution in [3.05, 3.63) is 35.6 Å². The second-order valence-corrected chi connectivity index (χ2v) is 5.00. The van der Waals surface area contributed by atoms with Crippen molar-refractivity contribution < 1.29 is 18.8 Å². The zero-order chi connectivity index (χ0) is 15.7.